The van der Waals surface area contributed by atoms with E-state index in [4.69, 9.17) is 5.73 Å². The van der Waals surface area contributed by atoms with Crippen molar-refractivity contribution in [1.82, 2.24) is 5.32 Å². The number of carbonyl (C=O) groups is 1. The minimum atomic E-state index is 0.178. The van der Waals surface area contributed by atoms with Crippen LogP contribution in [0.4, 0.5) is 0 Å². The summed E-state index contributed by atoms with van der Waals surface area (Å²) in [5.41, 5.74) is 8.90. The van der Waals surface area contributed by atoms with Crippen molar-refractivity contribution in [2.24, 2.45) is 11.7 Å². The van der Waals surface area contributed by atoms with Crippen molar-refractivity contribution < 1.29 is 4.79 Å². The van der Waals surface area contributed by atoms with E-state index in [1.54, 1.807) is 0 Å². The summed E-state index contributed by atoms with van der Waals surface area (Å²) in [4.78, 5) is 12.0. The van der Waals surface area contributed by atoms with Crippen LogP contribution < -0.4 is 11.1 Å². The Morgan fingerprint density at radius 2 is 2.10 bits per heavy atom. The van der Waals surface area contributed by atoms with Gasteiger partial charge in [0.05, 0.1) is 0 Å². The molecule has 3 rings (SSSR count). The second-order valence-corrected chi connectivity index (χ2v) is 6.30. The lowest BCUT2D eigenvalue weighted by molar-refractivity contribution is -0.122. The van der Waals surface area contributed by atoms with E-state index in [0.29, 0.717) is 18.3 Å². The molecule has 1 saturated carbocycles. The van der Waals surface area contributed by atoms with Gasteiger partial charge in [-0.25, -0.2) is 0 Å². The molecule has 1 aromatic carbocycles. The zero-order chi connectivity index (χ0) is 13.9. The molecule has 3 nitrogen and oxygen atoms in total. The fraction of sp³-hybridized carbons (Fsp3) is 0.588. The summed E-state index contributed by atoms with van der Waals surface area (Å²) in [5, 5.41) is 3.12. The lowest BCUT2D eigenvalue weighted by atomic mass is 9.99. The number of amides is 1. The Morgan fingerprint density at radius 3 is 2.90 bits per heavy atom. The second kappa shape index (κ2) is 5.96. The van der Waals surface area contributed by atoms with Gasteiger partial charge in [-0.1, -0.05) is 30.7 Å². The number of benzene rings is 1. The first-order valence-corrected chi connectivity index (χ1v) is 7.84. The van der Waals surface area contributed by atoms with E-state index in [0.717, 1.165) is 32.2 Å². The molecule has 1 unspecified atom stereocenters. The van der Waals surface area contributed by atoms with Crippen LogP contribution in [0, 0.1) is 5.92 Å². The standard InChI is InChI=1S/C17H24N2O/c18-16-7-3-5-13(16)10-17(20)19-11-14-9-8-12-4-1-2-6-15(12)14/h1-2,4,6,13-14,16H,3,5,7-11,18H2,(H,19,20)/t13-,14?,16+/m0/s1. The lowest BCUT2D eigenvalue weighted by Crippen LogP contribution is -2.33. The number of nitrogens with one attached hydrogen (secondary N) is 1. The van der Waals surface area contributed by atoms with Crippen molar-refractivity contribution in [1.29, 1.82) is 0 Å². The van der Waals surface area contributed by atoms with E-state index in [2.05, 4.69) is 29.6 Å². The van der Waals surface area contributed by atoms with Gasteiger partial charge >= 0.3 is 0 Å². The molecule has 1 aromatic rings. The molecule has 0 radical (unpaired) electrons. The van der Waals surface area contributed by atoms with Gasteiger partial charge in [0.25, 0.3) is 0 Å². The van der Waals surface area contributed by atoms with Crippen molar-refractivity contribution in [3.63, 3.8) is 0 Å². The molecule has 0 spiro atoms. The summed E-state index contributed by atoms with van der Waals surface area (Å²) < 4.78 is 0. The van der Waals surface area contributed by atoms with Crippen molar-refractivity contribution in [2.45, 2.75) is 50.5 Å². The summed E-state index contributed by atoms with van der Waals surface area (Å²) in [5.74, 6) is 1.06. The van der Waals surface area contributed by atoms with Crippen LogP contribution in [0.2, 0.25) is 0 Å². The summed E-state index contributed by atoms with van der Waals surface area (Å²) in [7, 11) is 0. The van der Waals surface area contributed by atoms with E-state index in [9.17, 15) is 4.79 Å². The number of hydrogen-bond donors (Lipinski definition) is 2. The normalized spacial score (nSPS) is 28.4. The Kier molecular flexibility index (Phi) is 4.06. The number of rotatable bonds is 4. The molecular weight excluding hydrogens is 248 g/mol. The van der Waals surface area contributed by atoms with Gasteiger partial charge in [0.1, 0.15) is 0 Å². The smallest absolute Gasteiger partial charge is 0.220 e. The van der Waals surface area contributed by atoms with E-state index in [1.807, 2.05) is 0 Å². The Labute approximate surface area is 120 Å². The van der Waals surface area contributed by atoms with Crippen molar-refractivity contribution in [3.8, 4) is 0 Å². The zero-order valence-corrected chi connectivity index (χ0v) is 12.0. The van der Waals surface area contributed by atoms with Gasteiger partial charge < -0.3 is 11.1 Å². The third-order valence-corrected chi connectivity index (χ3v) is 4.97. The first-order chi connectivity index (χ1) is 9.74. The highest BCUT2D eigenvalue weighted by atomic mass is 16.1. The maximum absolute atomic E-state index is 12.0. The van der Waals surface area contributed by atoms with Crippen LogP contribution in [0.15, 0.2) is 24.3 Å². The summed E-state index contributed by atoms with van der Waals surface area (Å²) in [6.07, 6.45) is 6.27. The van der Waals surface area contributed by atoms with Crippen molar-refractivity contribution in [3.05, 3.63) is 35.4 Å². The molecule has 0 heterocycles. The number of aryl methyl sites for hydroxylation is 1. The predicted molar refractivity (Wildman–Crippen MR) is 80.4 cm³/mol. The molecule has 3 heteroatoms. The first kappa shape index (κ1) is 13.6. The average Bonchev–Trinajstić information content (AvgIpc) is 3.04. The van der Waals surface area contributed by atoms with E-state index >= 15 is 0 Å². The maximum atomic E-state index is 12.0. The van der Waals surface area contributed by atoms with Crippen LogP contribution in [0.3, 0.4) is 0 Å². The Balaban J connectivity index is 1.49. The fourth-order valence-electron chi connectivity index (χ4n) is 3.72. The molecule has 2 aliphatic rings. The second-order valence-electron chi connectivity index (χ2n) is 6.30. The van der Waals surface area contributed by atoms with Gasteiger partial charge in [-0.05, 0) is 42.7 Å². The Morgan fingerprint density at radius 1 is 1.25 bits per heavy atom. The molecule has 1 fully saturated rings. The molecule has 0 bridgehead atoms. The van der Waals surface area contributed by atoms with Gasteiger partial charge in [-0.2, -0.15) is 0 Å². The minimum absolute atomic E-state index is 0.178. The maximum Gasteiger partial charge on any atom is 0.220 e. The van der Waals surface area contributed by atoms with Crippen LogP contribution >= 0.6 is 0 Å². The van der Waals surface area contributed by atoms with Crippen LogP contribution in [-0.4, -0.2) is 18.5 Å². The minimum Gasteiger partial charge on any atom is -0.355 e. The van der Waals surface area contributed by atoms with Gasteiger partial charge in [0.15, 0.2) is 0 Å². The third-order valence-electron chi connectivity index (χ3n) is 4.97. The molecule has 20 heavy (non-hydrogen) atoms. The molecule has 0 aliphatic heterocycles. The van der Waals surface area contributed by atoms with E-state index in [-0.39, 0.29) is 11.9 Å². The predicted octanol–water partition coefficient (Wildman–Crippen LogP) is 2.35. The van der Waals surface area contributed by atoms with Gasteiger partial charge in [-0.3, -0.25) is 4.79 Å². The van der Waals surface area contributed by atoms with Crippen LogP contribution in [-0.2, 0) is 11.2 Å². The highest BCUT2D eigenvalue weighted by Gasteiger charge is 2.27. The van der Waals surface area contributed by atoms with E-state index < -0.39 is 0 Å². The monoisotopic (exact) mass is 272 g/mol. The highest BCUT2D eigenvalue weighted by molar-refractivity contribution is 5.76. The average molecular weight is 272 g/mol. The van der Waals surface area contributed by atoms with Crippen molar-refractivity contribution >= 4 is 5.91 Å². The summed E-state index contributed by atoms with van der Waals surface area (Å²) >= 11 is 0. The molecule has 0 aromatic heterocycles. The molecule has 3 N–H and O–H groups in total. The molecule has 108 valence electrons. The van der Waals surface area contributed by atoms with Crippen LogP contribution in [0.25, 0.3) is 0 Å². The fourth-order valence-corrected chi connectivity index (χ4v) is 3.72. The molecular formula is C17H24N2O. The number of hydrogen-bond acceptors (Lipinski definition) is 2. The van der Waals surface area contributed by atoms with Crippen LogP contribution in [0.1, 0.15) is 49.1 Å². The van der Waals surface area contributed by atoms with Crippen molar-refractivity contribution in [2.75, 3.05) is 6.54 Å². The Hall–Kier alpha value is -1.35. The number of fused-ring (bicyclic) bond motifs is 1. The van der Waals surface area contributed by atoms with Gasteiger partial charge in [0.2, 0.25) is 5.91 Å². The third kappa shape index (κ3) is 2.88. The topological polar surface area (TPSA) is 55.1 Å². The molecule has 3 atom stereocenters. The van der Waals surface area contributed by atoms with Gasteiger partial charge in [0, 0.05) is 24.9 Å². The molecule has 1 amide bonds. The summed E-state index contributed by atoms with van der Waals surface area (Å²) in [6, 6.07) is 8.83. The highest BCUT2D eigenvalue weighted by Crippen LogP contribution is 2.32. The zero-order valence-electron chi connectivity index (χ0n) is 12.0. The molecule has 0 saturated heterocycles. The Bertz CT molecular complexity index is 486. The van der Waals surface area contributed by atoms with Crippen LogP contribution in [0.5, 0.6) is 0 Å². The largest absolute Gasteiger partial charge is 0.355 e. The first-order valence-electron chi connectivity index (χ1n) is 7.84. The lowest BCUT2D eigenvalue weighted by Gasteiger charge is -2.17. The van der Waals surface area contributed by atoms with E-state index in [1.165, 1.54) is 17.5 Å². The number of nitrogens with two attached hydrogens (primary N) is 1. The number of carbonyl (C=O) groups excluding carboxylic acids is 1. The molecule has 2 aliphatic carbocycles. The summed E-state index contributed by atoms with van der Waals surface area (Å²) in [6.45, 7) is 0.776. The SMILES string of the molecule is N[C@@H]1CCC[C@H]1CC(=O)NCC1CCc2ccccc21. The van der Waals surface area contributed by atoms with Gasteiger partial charge in [-0.15, -0.1) is 0 Å². The quantitative estimate of drug-likeness (QED) is 0.884.